The molecule has 3 nitrogen and oxygen atoms in total. The van der Waals surface area contributed by atoms with Crippen molar-refractivity contribution in [3.8, 4) is 0 Å². The fraction of sp³-hybridized carbons (Fsp3) is 0.458. The first kappa shape index (κ1) is 22.0. The highest BCUT2D eigenvalue weighted by molar-refractivity contribution is 7.99. The highest BCUT2D eigenvalue weighted by Crippen LogP contribution is 2.27. The summed E-state index contributed by atoms with van der Waals surface area (Å²) in [6.07, 6.45) is 2.35. The summed E-state index contributed by atoms with van der Waals surface area (Å²) in [5, 5.41) is 3.59. The van der Waals surface area contributed by atoms with Gasteiger partial charge in [-0.1, -0.05) is 63.3 Å². The van der Waals surface area contributed by atoms with Crippen molar-refractivity contribution in [1.82, 2.24) is 4.57 Å². The van der Waals surface area contributed by atoms with Crippen molar-refractivity contribution in [1.29, 1.82) is 0 Å². The number of fused-ring (bicyclic) bond motifs is 1. The maximum absolute atomic E-state index is 4.98. The van der Waals surface area contributed by atoms with E-state index in [1.165, 1.54) is 33.6 Å². The van der Waals surface area contributed by atoms with Crippen LogP contribution in [0.3, 0.4) is 0 Å². The minimum absolute atomic E-state index is 0.687. The molecule has 0 aliphatic rings. The van der Waals surface area contributed by atoms with Gasteiger partial charge in [0.1, 0.15) is 0 Å². The second-order valence-electron chi connectivity index (χ2n) is 8.22. The fourth-order valence-corrected chi connectivity index (χ4v) is 5.07. The van der Waals surface area contributed by atoms with Crippen LogP contribution in [0.15, 0.2) is 58.4 Å². The molecule has 0 atom stereocenters. The summed E-state index contributed by atoms with van der Waals surface area (Å²) in [6.45, 7) is 11.1. The van der Waals surface area contributed by atoms with Gasteiger partial charge in [-0.05, 0) is 48.9 Å². The summed E-state index contributed by atoms with van der Waals surface area (Å²) >= 11 is 3.61. The average Bonchev–Trinajstić information content (AvgIpc) is 3.04. The normalized spacial score (nSPS) is 12.4. The molecule has 0 unspecified atom stereocenters. The molecule has 0 radical (unpaired) electrons. The van der Waals surface area contributed by atoms with Crippen LogP contribution in [0.4, 0.5) is 5.69 Å². The number of hydrogen-bond acceptors (Lipinski definition) is 4. The lowest BCUT2D eigenvalue weighted by Gasteiger charge is -2.12. The quantitative estimate of drug-likeness (QED) is 0.358. The molecule has 0 aliphatic carbocycles. The highest BCUT2D eigenvalue weighted by Gasteiger charge is 2.07. The van der Waals surface area contributed by atoms with Crippen LogP contribution < -0.4 is 10.1 Å². The van der Waals surface area contributed by atoms with Crippen molar-refractivity contribution in [3.05, 3.63) is 53.3 Å². The lowest BCUT2D eigenvalue weighted by Crippen LogP contribution is -2.16. The first-order valence-electron chi connectivity index (χ1n) is 10.6. The molecule has 1 heterocycles. The van der Waals surface area contributed by atoms with Gasteiger partial charge in [-0.15, -0.1) is 11.8 Å². The summed E-state index contributed by atoms with van der Waals surface area (Å²) in [5.41, 5.74) is 2.52. The first-order valence-corrected chi connectivity index (χ1v) is 12.4. The first-order chi connectivity index (χ1) is 14.0. The number of thiazole rings is 1. The highest BCUT2D eigenvalue weighted by atomic mass is 32.2. The Kier molecular flexibility index (Phi) is 8.25. The van der Waals surface area contributed by atoms with Crippen molar-refractivity contribution in [2.45, 2.75) is 52.0 Å². The Labute approximate surface area is 183 Å². The topological polar surface area (TPSA) is 29.3 Å². The average molecular weight is 428 g/mol. The number of rotatable bonds is 10. The molecule has 1 N–H and O–H groups in total. The molecule has 0 saturated heterocycles. The predicted octanol–water partition coefficient (Wildman–Crippen LogP) is 6.86. The van der Waals surface area contributed by atoms with E-state index < -0.39 is 0 Å². The van der Waals surface area contributed by atoms with E-state index in [9.17, 15) is 0 Å². The van der Waals surface area contributed by atoms with Crippen molar-refractivity contribution >= 4 is 39.0 Å². The van der Waals surface area contributed by atoms with Gasteiger partial charge in [-0.3, -0.25) is 0 Å². The van der Waals surface area contributed by atoms with Crippen LogP contribution in [-0.2, 0) is 6.54 Å². The van der Waals surface area contributed by atoms with E-state index in [0.717, 1.165) is 23.8 Å². The number of hydrogen-bond donors (Lipinski definition) is 1. The Morgan fingerprint density at radius 2 is 1.69 bits per heavy atom. The van der Waals surface area contributed by atoms with Crippen molar-refractivity contribution in [2.24, 2.45) is 16.8 Å². The molecule has 3 aromatic rings. The minimum atomic E-state index is 0.687. The van der Waals surface area contributed by atoms with Crippen molar-refractivity contribution in [2.75, 3.05) is 17.7 Å². The Balaban J connectivity index is 1.75. The zero-order valence-corrected chi connectivity index (χ0v) is 19.7. The SMILES string of the molecule is CC(C)CCNc1ccccc1SC/N=c1\sc2ccccc2n1CCC(C)C. The van der Waals surface area contributed by atoms with E-state index in [4.69, 9.17) is 4.99 Å². The number of benzene rings is 2. The maximum atomic E-state index is 4.98. The second-order valence-corrected chi connectivity index (χ2v) is 10.2. The van der Waals surface area contributed by atoms with Gasteiger partial charge in [0.05, 0.1) is 16.1 Å². The van der Waals surface area contributed by atoms with Gasteiger partial charge >= 0.3 is 0 Å². The third kappa shape index (κ3) is 6.38. The van der Waals surface area contributed by atoms with Crippen LogP contribution in [0.1, 0.15) is 40.5 Å². The molecule has 0 fully saturated rings. The van der Waals surface area contributed by atoms with E-state index in [1.54, 1.807) is 11.3 Å². The number of nitrogens with zero attached hydrogens (tertiary/aromatic N) is 2. The van der Waals surface area contributed by atoms with Crippen LogP contribution in [0.5, 0.6) is 0 Å². The van der Waals surface area contributed by atoms with Crippen LogP contribution in [-0.4, -0.2) is 17.0 Å². The molecule has 2 aromatic carbocycles. The molecule has 0 saturated carbocycles. The lowest BCUT2D eigenvalue weighted by molar-refractivity contribution is 0.517. The smallest absolute Gasteiger partial charge is 0.186 e. The van der Waals surface area contributed by atoms with Gasteiger partial charge in [-0.25, -0.2) is 4.99 Å². The summed E-state index contributed by atoms with van der Waals surface area (Å²) < 4.78 is 3.71. The summed E-state index contributed by atoms with van der Waals surface area (Å²) in [7, 11) is 0. The van der Waals surface area contributed by atoms with Crippen LogP contribution >= 0.6 is 23.1 Å². The van der Waals surface area contributed by atoms with E-state index in [1.807, 2.05) is 11.8 Å². The molecule has 3 rings (SSSR count). The Hall–Kier alpha value is -1.72. The van der Waals surface area contributed by atoms with E-state index in [2.05, 4.69) is 86.1 Å². The lowest BCUT2D eigenvalue weighted by atomic mass is 10.1. The molecule has 0 aliphatic heterocycles. The van der Waals surface area contributed by atoms with Crippen molar-refractivity contribution < 1.29 is 0 Å². The second kappa shape index (κ2) is 10.9. The summed E-state index contributed by atoms with van der Waals surface area (Å²) in [5.74, 6) is 2.14. The molecule has 0 amide bonds. The van der Waals surface area contributed by atoms with E-state index in [-0.39, 0.29) is 0 Å². The van der Waals surface area contributed by atoms with Gasteiger partial charge in [0, 0.05) is 23.7 Å². The van der Waals surface area contributed by atoms with E-state index >= 15 is 0 Å². The Morgan fingerprint density at radius 3 is 2.48 bits per heavy atom. The predicted molar refractivity (Wildman–Crippen MR) is 130 cm³/mol. The zero-order chi connectivity index (χ0) is 20.6. The van der Waals surface area contributed by atoms with Gasteiger partial charge in [0.25, 0.3) is 0 Å². The van der Waals surface area contributed by atoms with Crippen LogP contribution in [0, 0.1) is 11.8 Å². The molecule has 1 aromatic heterocycles. The maximum Gasteiger partial charge on any atom is 0.186 e. The molecule has 5 heteroatoms. The Bertz CT molecular complexity index is 969. The van der Waals surface area contributed by atoms with Gasteiger partial charge < -0.3 is 9.88 Å². The molecule has 29 heavy (non-hydrogen) atoms. The summed E-state index contributed by atoms with van der Waals surface area (Å²) in [4.78, 5) is 7.39. The third-order valence-corrected chi connectivity index (χ3v) is 6.88. The van der Waals surface area contributed by atoms with Gasteiger partial charge in [0.15, 0.2) is 4.80 Å². The minimum Gasteiger partial charge on any atom is -0.384 e. The number of para-hydroxylation sites is 2. The number of aromatic nitrogens is 1. The molecule has 0 bridgehead atoms. The van der Waals surface area contributed by atoms with Gasteiger partial charge in [0.2, 0.25) is 0 Å². The zero-order valence-electron chi connectivity index (χ0n) is 18.0. The van der Waals surface area contributed by atoms with Gasteiger partial charge in [-0.2, -0.15) is 0 Å². The van der Waals surface area contributed by atoms with Crippen LogP contribution in [0.2, 0.25) is 0 Å². The monoisotopic (exact) mass is 427 g/mol. The van der Waals surface area contributed by atoms with Crippen molar-refractivity contribution in [3.63, 3.8) is 0 Å². The fourth-order valence-electron chi connectivity index (χ4n) is 3.14. The third-order valence-electron chi connectivity index (χ3n) is 4.86. The molecular formula is C24H33N3S2. The number of aryl methyl sites for hydroxylation is 1. The van der Waals surface area contributed by atoms with Crippen LogP contribution in [0.25, 0.3) is 10.2 Å². The molecule has 156 valence electrons. The molecule has 0 spiro atoms. The standard InChI is InChI=1S/C24H33N3S2/c1-18(2)13-15-25-20-9-5-7-11-22(20)28-17-26-24-27(16-14-19(3)4)21-10-6-8-12-23(21)29-24/h5-12,18-19,25H,13-17H2,1-4H3/b26-24-. The molecular weight excluding hydrogens is 394 g/mol. The largest absolute Gasteiger partial charge is 0.384 e. The summed E-state index contributed by atoms with van der Waals surface area (Å²) in [6, 6.07) is 17.2. The van der Waals surface area contributed by atoms with E-state index in [0.29, 0.717) is 11.8 Å². The number of anilines is 1. The Morgan fingerprint density at radius 1 is 0.966 bits per heavy atom. The number of thioether (sulfide) groups is 1. The number of nitrogens with one attached hydrogen (secondary N) is 1.